The number of aromatic amines is 1. The number of carbonyl (C=O) groups excluding carboxylic acids is 1. The monoisotopic (exact) mass is 339 g/mol. The Bertz CT molecular complexity index is 688. The fourth-order valence-corrected chi connectivity index (χ4v) is 2.17. The van der Waals surface area contributed by atoms with Gasteiger partial charge in [-0.1, -0.05) is 18.2 Å². The number of ether oxygens (including phenoxy) is 1. The van der Waals surface area contributed by atoms with E-state index in [9.17, 15) is 31.1 Å². The smallest absolute Gasteiger partial charge is 0.422 e. The van der Waals surface area contributed by atoms with Gasteiger partial charge in [-0.3, -0.25) is 4.79 Å². The number of H-pyrrole nitrogens is 1. The lowest BCUT2D eigenvalue weighted by Crippen LogP contribution is -2.26. The SMILES string of the molecule is O=C(C[C@H](c1c[nH]c2ccccc12)C(F)(F)F)OCC(F)(F)F. The van der Waals surface area contributed by atoms with Gasteiger partial charge in [0.1, 0.15) is 0 Å². The van der Waals surface area contributed by atoms with Crippen LogP contribution in [0.4, 0.5) is 26.3 Å². The van der Waals surface area contributed by atoms with Crippen molar-refractivity contribution in [3.63, 3.8) is 0 Å². The summed E-state index contributed by atoms with van der Waals surface area (Å²) in [4.78, 5) is 14.0. The van der Waals surface area contributed by atoms with E-state index in [4.69, 9.17) is 0 Å². The van der Waals surface area contributed by atoms with Crippen LogP contribution >= 0.6 is 0 Å². The molecule has 1 aromatic carbocycles. The molecule has 0 bridgehead atoms. The molecule has 0 amide bonds. The first-order valence-corrected chi connectivity index (χ1v) is 6.43. The Morgan fingerprint density at radius 2 is 1.78 bits per heavy atom. The molecule has 0 radical (unpaired) electrons. The van der Waals surface area contributed by atoms with Gasteiger partial charge in [-0.2, -0.15) is 26.3 Å². The molecular weight excluding hydrogens is 328 g/mol. The van der Waals surface area contributed by atoms with Crippen molar-refractivity contribution in [3.8, 4) is 0 Å². The molecule has 0 unspecified atom stereocenters. The third-order valence-corrected chi connectivity index (χ3v) is 3.16. The summed E-state index contributed by atoms with van der Waals surface area (Å²) >= 11 is 0. The molecule has 0 fully saturated rings. The minimum absolute atomic E-state index is 0.211. The Morgan fingerprint density at radius 3 is 2.39 bits per heavy atom. The Morgan fingerprint density at radius 1 is 1.13 bits per heavy atom. The summed E-state index contributed by atoms with van der Waals surface area (Å²) in [6, 6.07) is 6.12. The number of rotatable bonds is 4. The zero-order valence-electron chi connectivity index (χ0n) is 11.5. The Kier molecular flexibility index (Phi) is 4.58. The Hall–Kier alpha value is -2.19. The van der Waals surface area contributed by atoms with Crippen LogP contribution in [0.1, 0.15) is 17.9 Å². The summed E-state index contributed by atoms with van der Waals surface area (Å²) in [5.41, 5.74) is 0.220. The first-order valence-electron chi connectivity index (χ1n) is 6.43. The van der Waals surface area contributed by atoms with E-state index in [1.54, 1.807) is 12.1 Å². The molecule has 3 nitrogen and oxygen atoms in total. The number of benzene rings is 1. The molecule has 2 aromatic rings. The van der Waals surface area contributed by atoms with Crippen molar-refractivity contribution in [2.75, 3.05) is 6.61 Å². The van der Waals surface area contributed by atoms with Crippen LogP contribution in [0.15, 0.2) is 30.5 Å². The highest BCUT2D eigenvalue weighted by Gasteiger charge is 2.44. The van der Waals surface area contributed by atoms with E-state index in [-0.39, 0.29) is 10.9 Å². The van der Waals surface area contributed by atoms with Gasteiger partial charge in [-0.15, -0.1) is 0 Å². The minimum atomic E-state index is -4.80. The number of alkyl halides is 6. The van der Waals surface area contributed by atoms with Gasteiger partial charge < -0.3 is 9.72 Å². The van der Waals surface area contributed by atoms with Crippen LogP contribution in [0.5, 0.6) is 0 Å². The van der Waals surface area contributed by atoms with Crippen LogP contribution in [0.25, 0.3) is 10.9 Å². The number of fused-ring (bicyclic) bond motifs is 1. The van der Waals surface area contributed by atoms with Crippen LogP contribution in [-0.4, -0.2) is 29.9 Å². The first kappa shape index (κ1) is 17.2. The number of hydrogen-bond acceptors (Lipinski definition) is 2. The molecule has 0 aliphatic heterocycles. The Labute approximate surface area is 126 Å². The summed E-state index contributed by atoms with van der Waals surface area (Å²) in [5, 5.41) is 0.249. The summed E-state index contributed by atoms with van der Waals surface area (Å²) in [5.74, 6) is -3.81. The van der Waals surface area contributed by atoms with Crippen molar-refractivity contribution in [1.82, 2.24) is 4.98 Å². The first-order chi connectivity index (χ1) is 10.6. The molecule has 0 saturated carbocycles. The third-order valence-electron chi connectivity index (χ3n) is 3.16. The van der Waals surface area contributed by atoms with E-state index < -0.39 is 37.3 Å². The second kappa shape index (κ2) is 6.13. The average molecular weight is 339 g/mol. The maximum atomic E-state index is 13.2. The summed E-state index contributed by atoms with van der Waals surface area (Å²) in [6.45, 7) is -1.91. The molecule has 1 N–H and O–H groups in total. The van der Waals surface area contributed by atoms with E-state index in [0.717, 1.165) is 6.20 Å². The van der Waals surface area contributed by atoms with Gasteiger partial charge in [0.05, 0.1) is 12.3 Å². The minimum Gasteiger partial charge on any atom is -0.456 e. The Balaban J connectivity index is 2.23. The van der Waals surface area contributed by atoms with Crippen molar-refractivity contribution in [1.29, 1.82) is 0 Å². The van der Waals surface area contributed by atoms with E-state index in [1.807, 2.05) is 0 Å². The van der Waals surface area contributed by atoms with Crippen molar-refractivity contribution in [2.45, 2.75) is 24.7 Å². The lowest BCUT2D eigenvalue weighted by atomic mass is 9.94. The highest BCUT2D eigenvalue weighted by molar-refractivity contribution is 5.84. The van der Waals surface area contributed by atoms with Crippen LogP contribution in [-0.2, 0) is 9.53 Å². The van der Waals surface area contributed by atoms with Gasteiger partial charge in [0, 0.05) is 17.1 Å². The molecule has 126 valence electrons. The number of halogens is 6. The van der Waals surface area contributed by atoms with Crippen LogP contribution < -0.4 is 0 Å². The van der Waals surface area contributed by atoms with E-state index in [2.05, 4.69) is 9.72 Å². The number of hydrogen-bond donors (Lipinski definition) is 1. The molecule has 23 heavy (non-hydrogen) atoms. The van der Waals surface area contributed by atoms with E-state index >= 15 is 0 Å². The molecule has 0 aliphatic rings. The third kappa shape index (κ3) is 4.40. The van der Waals surface area contributed by atoms with Crippen LogP contribution in [0.2, 0.25) is 0 Å². The standard InChI is InChI=1S/C14H11F6NO2/c15-13(16,17)7-23-12(22)5-10(14(18,19)20)9-6-21-11-4-2-1-3-8(9)11/h1-4,6,10,21H,5,7H2/t10-/m1/s1. The molecule has 0 saturated heterocycles. The second-order valence-electron chi connectivity index (χ2n) is 4.86. The lowest BCUT2D eigenvalue weighted by Gasteiger charge is -2.19. The predicted octanol–water partition coefficient (Wildman–Crippen LogP) is 4.31. The number of nitrogens with one attached hydrogen (secondary N) is 1. The molecular formula is C14H11F6NO2. The van der Waals surface area contributed by atoms with Gasteiger partial charge in [0.2, 0.25) is 0 Å². The second-order valence-corrected chi connectivity index (χ2v) is 4.86. The van der Waals surface area contributed by atoms with Crippen molar-refractivity contribution in [3.05, 3.63) is 36.0 Å². The van der Waals surface area contributed by atoms with Crippen molar-refractivity contribution >= 4 is 16.9 Å². The summed E-state index contributed by atoms with van der Waals surface area (Å²) < 4.78 is 79.4. The highest BCUT2D eigenvalue weighted by Crippen LogP contribution is 2.40. The van der Waals surface area contributed by atoms with E-state index in [1.165, 1.54) is 12.1 Å². The van der Waals surface area contributed by atoms with Gasteiger partial charge in [-0.05, 0) is 11.6 Å². The van der Waals surface area contributed by atoms with Crippen molar-refractivity contribution < 1.29 is 35.9 Å². The number of para-hydroxylation sites is 1. The fraction of sp³-hybridized carbons (Fsp3) is 0.357. The largest absolute Gasteiger partial charge is 0.456 e. The van der Waals surface area contributed by atoms with Crippen LogP contribution in [0.3, 0.4) is 0 Å². The molecule has 2 rings (SSSR count). The zero-order chi connectivity index (χ0) is 17.3. The fourth-order valence-electron chi connectivity index (χ4n) is 2.17. The van der Waals surface area contributed by atoms with Crippen molar-refractivity contribution in [2.24, 2.45) is 0 Å². The maximum absolute atomic E-state index is 13.2. The molecule has 1 atom stereocenters. The predicted molar refractivity (Wildman–Crippen MR) is 68.7 cm³/mol. The van der Waals surface area contributed by atoms with Gasteiger partial charge in [0.15, 0.2) is 6.61 Å². The van der Waals surface area contributed by atoms with Gasteiger partial charge >= 0.3 is 18.3 Å². The maximum Gasteiger partial charge on any atom is 0.422 e. The number of carbonyl (C=O) groups is 1. The zero-order valence-corrected chi connectivity index (χ0v) is 11.5. The average Bonchev–Trinajstić information content (AvgIpc) is 2.84. The number of aromatic nitrogens is 1. The highest BCUT2D eigenvalue weighted by atomic mass is 19.4. The molecule has 0 aliphatic carbocycles. The number of esters is 1. The molecule has 0 spiro atoms. The van der Waals surface area contributed by atoms with E-state index in [0.29, 0.717) is 5.52 Å². The van der Waals surface area contributed by atoms with Gasteiger partial charge in [-0.25, -0.2) is 0 Å². The van der Waals surface area contributed by atoms with Gasteiger partial charge in [0.25, 0.3) is 0 Å². The molecule has 9 heteroatoms. The summed E-state index contributed by atoms with van der Waals surface area (Å²) in [6.07, 6.45) is -9.71. The quantitative estimate of drug-likeness (QED) is 0.666. The molecule has 1 aromatic heterocycles. The normalized spacial score (nSPS) is 14.0. The molecule has 1 heterocycles. The lowest BCUT2D eigenvalue weighted by molar-refractivity contribution is -0.191. The van der Waals surface area contributed by atoms with Crippen LogP contribution in [0, 0.1) is 0 Å². The topological polar surface area (TPSA) is 42.1 Å². The summed E-state index contributed by atoms with van der Waals surface area (Å²) in [7, 11) is 0.